The number of nitrogens with zero attached hydrogens (tertiary/aromatic N) is 7. The number of urea groups is 1. The molecule has 0 spiro atoms. The van der Waals surface area contributed by atoms with Crippen LogP contribution in [0.3, 0.4) is 0 Å². The fraction of sp³-hybridized carbons (Fsp3) is 0.562. The second-order valence-electron chi connectivity index (χ2n) is 19.3. The standard InChI is InChI=1S/C48H64N10O7S/c1-10-57-38-16-15-29-19-32(38)33(42(57)31-13-11-17-49-40(31)28(4)64-9)21-48(5,6)26-65-46(62)34-14-12-18-58(53-34)45(61)35(20-39-51-37(29)25-66-39)52-43(59)41(27(2)3)55(8)47(63)56-23-30(24-56)54(7)44(60)36-22-50-36/h11,13,15-17,19,25,27-28,30,34-36,41,50,53H,10,12,14,18,20-24,26H2,1-9H3,(H,52,59)/t28-,34-,35-,36+,41-/m0/s1. The maximum Gasteiger partial charge on any atom is 0.324 e. The number of hydrogen-bond donors (Lipinski definition) is 3. The van der Waals surface area contributed by atoms with Gasteiger partial charge in [-0.3, -0.25) is 29.2 Å². The highest BCUT2D eigenvalue weighted by Crippen LogP contribution is 2.42. The van der Waals surface area contributed by atoms with Crippen LogP contribution in [0.25, 0.3) is 33.4 Å². The lowest BCUT2D eigenvalue weighted by atomic mass is 9.84. The molecule has 5 atom stereocenters. The van der Waals surface area contributed by atoms with E-state index in [0.717, 1.165) is 44.7 Å². The van der Waals surface area contributed by atoms with Crippen LogP contribution in [-0.2, 0) is 48.0 Å². The fourth-order valence-electron chi connectivity index (χ4n) is 9.60. The van der Waals surface area contributed by atoms with Gasteiger partial charge in [0.1, 0.15) is 18.1 Å². The number of methoxy groups -OCH3 is 1. The number of nitrogens with one attached hydrogen (secondary N) is 3. The van der Waals surface area contributed by atoms with E-state index in [-0.39, 0.29) is 49.1 Å². The summed E-state index contributed by atoms with van der Waals surface area (Å²) >= 11 is 1.41. The Balaban J connectivity index is 1.12. The van der Waals surface area contributed by atoms with Gasteiger partial charge in [-0.1, -0.05) is 33.8 Å². The van der Waals surface area contributed by atoms with Crippen molar-refractivity contribution in [2.45, 2.75) is 110 Å². The summed E-state index contributed by atoms with van der Waals surface area (Å²) in [6, 6.07) is 7.03. The largest absolute Gasteiger partial charge is 0.464 e. The number of thiazole rings is 1. The number of likely N-dealkylation sites (tertiary alicyclic amines) is 1. The number of carbonyl (C=O) groups is 5. The highest BCUT2D eigenvalue weighted by molar-refractivity contribution is 7.10. The van der Waals surface area contributed by atoms with Crippen molar-refractivity contribution in [1.29, 1.82) is 0 Å². The predicted molar refractivity (Wildman–Crippen MR) is 251 cm³/mol. The van der Waals surface area contributed by atoms with Crippen LogP contribution >= 0.6 is 11.3 Å². The maximum atomic E-state index is 14.6. The molecular formula is C48H64N10O7S. The van der Waals surface area contributed by atoms with E-state index in [1.807, 2.05) is 32.2 Å². The molecule has 354 valence electrons. The van der Waals surface area contributed by atoms with Gasteiger partial charge in [-0.2, -0.15) is 0 Å². The zero-order valence-electron chi connectivity index (χ0n) is 39.6. The van der Waals surface area contributed by atoms with Crippen molar-refractivity contribution >= 4 is 52.0 Å². The quantitative estimate of drug-likeness (QED) is 0.151. The number of likely N-dealkylation sites (N-methyl/N-ethyl adjacent to an activating group) is 2. The van der Waals surface area contributed by atoms with Gasteiger partial charge in [0.2, 0.25) is 11.8 Å². The molecule has 3 fully saturated rings. The lowest BCUT2D eigenvalue weighted by molar-refractivity contribution is -0.155. The number of amides is 5. The van der Waals surface area contributed by atoms with Crippen LogP contribution in [0.1, 0.15) is 76.8 Å². The number of aryl methyl sites for hydroxylation is 1. The third kappa shape index (κ3) is 9.42. The van der Waals surface area contributed by atoms with Gasteiger partial charge in [-0.05, 0) is 68.9 Å². The minimum absolute atomic E-state index is 0.0107. The van der Waals surface area contributed by atoms with Gasteiger partial charge in [0.15, 0.2) is 0 Å². The number of cyclic esters (lactones) is 1. The number of hydrogen-bond acceptors (Lipinski definition) is 12. The SMILES string of the molecule is CCn1c(-c2cccnc2[C@H](C)OC)c2c3cc(ccc31)-c1csc(n1)C[C@H](NC(=O)[C@H](C(C)C)N(C)C(=O)N1CC(N(C)C(=O)[C@H]3CN3)C1)C(=O)N1CCC[C@H](N1)C(=O)OCC(C)(C)C2. The summed E-state index contributed by atoms with van der Waals surface area (Å²) in [5, 5.41) is 11.1. The zero-order chi connectivity index (χ0) is 47.2. The minimum atomic E-state index is -1.08. The molecule has 4 aromatic rings. The molecule has 8 rings (SSSR count). The number of fused-ring (bicyclic) bond motifs is 6. The first-order valence-electron chi connectivity index (χ1n) is 23.1. The van der Waals surface area contributed by atoms with E-state index >= 15 is 0 Å². The van der Waals surface area contributed by atoms with Crippen LogP contribution < -0.4 is 16.1 Å². The van der Waals surface area contributed by atoms with Gasteiger partial charge >= 0.3 is 12.0 Å². The first kappa shape index (κ1) is 47.1. The van der Waals surface area contributed by atoms with Crippen molar-refractivity contribution in [1.82, 2.24) is 50.3 Å². The van der Waals surface area contributed by atoms with Crippen molar-refractivity contribution in [3.63, 3.8) is 0 Å². The molecule has 0 radical (unpaired) electrons. The van der Waals surface area contributed by atoms with Crippen molar-refractivity contribution in [2.75, 3.05) is 54.0 Å². The molecule has 4 aliphatic rings. The van der Waals surface area contributed by atoms with Gasteiger partial charge in [0.05, 0.1) is 46.9 Å². The topological polar surface area (TPSA) is 193 Å². The van der Waals surface area contributed by atoms with Crippen molar-refractivity contribution in [3.05, 3.63) is 58.2 Å². The van der Waals surface area contributed by atoms with Crippen LogP contribution in [0.15, 0.2) is 41.9 Å². The Labute approximate surface area is 390 Å². The van der Waals surface area contributed by atoms with E-state index in [4.69, 9.17) is 19.4 Å². The molecule has 1 aromatic carbocycles. The Kier molecular flexibility index (Phi) is 13.6. The molecule has 7 heterocycles. The van der Waals surface area contributed by atoms with Gasteiger partial charge in [-0.25, -0.2) is 15.2 Å². The van der Waals surface area contributed by atoms with Crippen LogP contribution in [0.5, 0.6) is 0 Å². The normalized spacial score (nSPS) is 22.0. The smallest absolute Gasteiger partial charge is 0.324 e. The number of carbonyl (C=O) groups excluding carboxylic acids is 5. The average Bonchev–Trinajstić information content (AvgIpc) is 3.96. The number of rotatable bonds is 10. The molecule has 5 amide bonds. The number of pyridine rings is 1. The van der Waals surface area contributed by atoms with Crippen molar-refractivity contribution in [3.8, 4) is 22.5 Å². The molecule has 3 aromatic heterocycles. The van der Waals surface area contributed by atoms with Crippen molar-refractivity contribution in [2.24, 2.45) is 11.3 Å². The van der Waals surface area contributed by atoms with E-state index in [2.05, 4.69) is 65.7 Å². The van der Waals surface area contributed by atoms with E-state index in [1.165, 1.54) is 21.2 Å². The van der Waals surface area contributed by atoms with Crippen LogP contribution in [-0.4, -0.2) is 148 Å². The number of ether oxygens (including phenoxy) is 2. The molecule has 0 saturated carbocycles. The molecule has 3 N–H and O–H groups in total. The number of hydrazine groups is 1. The van der Waals surface area contributed by atoms with Crippen LogP contribution in [0.2, 0.25) is 0 Å². The Bertz CT molecular complexity index is 2490. The molecule has 3 saturated heterocycles. The second kappa shape index (κ2) is 19.1. The molecular weight excluding hydrogens is 861 g/mol. The number of esters is 1. The third-order valence-electron chi connectivity index (χ3n) is 13.5. The Hall–Kier alpha value is -5.43. The van der Waals surface area contributed by atoms with Crippen LogP contribution in [0.4, 0.5) is 4.79 Å². The Morgan fingerprint density at radius 2 is 1.88 bits per heavy atom. The first-order chi connectivity index (χ1) is 31.5. The van der Waals surface area contributed by atoms with Gasteiger partial charge < -0.3 is 39.4 Å². The predicted octanol–water partition coefficient (Wildman–Crippen LogP) is 4.39. The summed E-state index contributed by atoms with van der Waals surface area (Å²) in [5.41, 5.74) is 9.27. The number of aromatic nitrogens is 3. The highest BCUT2D eigenvalue weighted by atomic mass is 32.1. The van der Waals surface area contributed by atoms with E-state index < -0.39 is 41.3 Å². The van der Waals surface area contributed by atoms with E-state index in [0.29, 0.717) is 57.0 Å². The van der Waals surface area contributed by atoms with Crippen LogP contribution in [0, 0.1) is 11.3 Å². The summed E-state index contributed by atoms with van der Waals surface area (Å²) in [4.78, 5) is 84.0. The Morgan fingerprint density at radius 3 is 2.58 bits per heavy atom. The average molecular weight is 925 g/mol. The lowest BCUT2D eigenvalue weighted by Crippen LogP contribution is -2.66. The minimum Gasteiger partial charge on any atom is -0.464 e. The molecule has 4 aliphatic heterocycles. The molecule has 0 aliphatic carbocycles. The van der Waals surface area contributed by atoms with E-state index in [1.54, 1.807) is 37.2 Å². The lowest BCUT2D eigenvalue weighted by Gasteiger charge is -2.46. The molecule has 18 heteroatoms. The zero-order valence-corrected chi connectivity index (χ0v) is 40.4. The van der Waals surface area contributed by atoms with Gasteiger partial charge in [0, 0.05) is 99.4 Å². The summed E-state index contributed by atoms with van der Waals surface area (Å²) in [5.74, 6) is -1.66. The second-order valence-corrected chi connectivity index (χ2v) is 20.3. The monoisotopic (exact) mass is 924 g/mol. The summed E-state index contributed by atoms with van der Waals surface area (Å²) in [6.45, 7) is 14.6. The summed E-state index contributed by atoms with van der Waals surface area (Å²) < 4.78 is 14.2. The molecule has 0 unspecified atom stereocenters. The molecule has 66 heavy (non-hydrogen) atoms. The highest BCUT2D eigenvalue weighted by Gasteiger charge is 2.43. The van der Waals surface area contributed by atoms with E-state index in [9.17, 15) is 24.0 Å². The number of benzene rings is 1. The summed E-state index contributed by atoms with van der Waals surface area (Å²) in [7, 11) is 5.04. The maximum absolute atomic E-state index is 14.6. The fourth-order valence-corrected chi connectivity index (χ4v) is 10.5. The first-order valence-corrected chi connectivity index (χ1v) is 24.0. The Morgan fingerprint density at radius 1 is 1.12 bits per heavy atom. The van der Waals surface area contributed by atoms with Gasteiger partial charge in [-0.15, -0.1) is 11.3 Å². The molecule has 17 nitrogen and oxygen atoms in total. The third-order valence-corrected chi connectivity index (χ3v) is 14.4. The van der Waals surface area contributed by atoms with Crippen molar-refractivity contribution < 1.29 is 33.4 Å². The van der Waals surface area contributed by atoms with Gasteiger partial charge in [0.25, 0.3) is 5.91 Å². The molecule has 6 bridgehead atoms. The summed E-state index contributed by atoms with van der Waals surface area (Å²) in [6.07, 6.45) is 3.20.